The molecule has 0 aliphatic heterocycles. The summed E-state index contributed by atoms with van der Waals surface area (Å²) in [4.78, 5) is 8.19. The Morgan fingerprint density at radius 1 is 0.571 bits per heavy atom. The van der Waals surface area contributed by atoms with Gasteiger partial charge >= 0.3 is 0 Å². The van der Waals surface area contributed by atoms with Crippen LogP contribution in [0.4, 0.5) is 0 Å². The van der Waals surface area contributed by atoms with Gasteiger partial charge in [0.15, 0.2) is 0 Å². The molecule has 0 spiro atoms. The molecule has 0 unspecified atom stereocenters. The molecular weight excluding hydrogens is 340 g/mol. The van der Waals surface area contributed by atoms with Crippen LogP contribution in [0.2, 0.25) is 0 Å². The molecule has 0 aromatic carbocycles. The summed E-state index contributed by atoms with van der Waals surface area (Å²) in [5.74, 6) is 0. The average Bonchev–Trinajstić information content (AvgIpc) is 2.79. The second-order valence-electron chi connectivity index (χ2n) is 5.35. The smallest absolute Gasteiger partial charge is 0.0400 e. The highest BCUT2D eigenvalue weighted by Gasteiger charge is 1.82. The molecule has 0 atom stereocenters. The molecule has 0 radical (unpaired) electrons. The minimum Gasteiger partial charge on any atom is -0.261 e. The van der Waals surface area contributed by atoms with Crippen molar-refractivity contribution < 1.29 is 0 Å². The molecule has 2 aromatic rings. The first kappa shape index (κ1) is 33.6. The van der Waals surface area contributed by atoms with Gasteiger partial charge in [-0.05, 0) is 64.8 Å². The van der Waals surface area contributed by atoms with E-state index in [0.717, 1.165) is 24.2 Å². The van der Waals surface area contributed by atoms with Crippen LogP contribution in [0.3, 0.4) is 0 Å². The molecule has 0 aliphatic rings. The van der Waals surface area contributed by atoms with Gasteiger partial charge in [0.05, 0.1) is 0 Å². The highest BCUT2D eigenvalue weighted by atomic mass is 14.7. The van der Waals surface area contributed by atoms with E-state index in [1.165, 1.54) is 11.1 Å². The van der Waals surface area contributed by atoms with Crippen LogP contribution in [-0.4, -0.2) is 9.97 Å². The summed E-state index contributed by atoms with van der Waals surface area (Å²) in [6.07, 6.45) is 5.69. The Morgan fingerprint density at radius 2 is 0.857 bits per heavy atom. The van der Waals surface area contributed by atoms with E-state index in [2.05, 4.69) is 51.5 Å². The molecule has 2 heterocycles. The van der Waals surface area contributed by atoms with Gasteiger partial charge in [-0.2, -0.15) is 0 Å². The molecule has 28 heavy (non-hydrogen) atoms. The third kappa shape index (κ3) is 26.3. The maximum Gasteiger partial charge on any atom is 0.0400 e. The van der Waals surface area contributed by atoms with Gasteiger partial charge in [-0.15, -0.1) is 0 Å². The third-order valence-corrected chi connectivity index (χ3v) is 3.18. The third-order valence-electron chi connectivity index (χ3n) is 3.18. The zero-order valence-electron chi connectivity index (χ0n) is 20.9. The Hall–Kier alpha value is -1.96. The van der Waals surface area contributed by atoms with Gasteiger partial charge < -0.3 is 0 Å². The van der Waals surface area contributed by atoms with Crippen LogP contribution in [0.25, 0.3) is 0 Å². The van der Waals surface area contributed by atoms with Crippen LogP contribution in [-0.2, 0) is 12.8 Å². The van der Waals surface area contributed by atoms with E-state index in [1.807, 2.05) is 90.3 Å². The average molecular weight is 389 g/mol. The van der Waals surface area contributed by atoms with E-state index in [1.54, 1.807) is 0 Å². The van der Waals surface area contributed by atoms with Crippen molar-refractivity contribution in [2.75, 3.05) is 0 Å². The van der Waals surface area contributed by atoms with E-state index in [-0.39, 0.29) is 0 Å². The first-order valence-electron chi connectivity index (χ1n) is 10.9. The zero-order valence-corrected chi connectivity index (χ0v) is 20.9. The maximum absolute atomic E-state index is 4.10. The Morgan fingerprint density at radius 3 is 0.964 bits per heavy atom. The Kier molecular flexibility index (Phi) is 35.8. The van der Waals surface area contributed by atoms with Crippen LogP contribution >= 0.6 is 0 Å². The van der Waals surface area contributed by atoms with Crippen LogP contribution < -0.4 is 0 Å². The number of pyridine rings is 2. The lowest BCUT2D eigenvalue weighted by molar-refractivity contribution is 1.04. The number of allylic oxidation sites excluding steroid dienone is 2. The molecule has 0 amide bonds. The lowest BCUT2D eigenvalue weighted by atomic mass is 10.2. The van der Waals surface area contributed by atoms with Crippen molar-refractivity contribution in [1.29, 1.82) is 0 Å². The Labute approximate surface area is 177 Å². The van der Waals surface area contributed by atoms with Crippen molar-refractivity contribution in [2.24, 2.45) is 0 Å². The summed E-state index contributed by atoms with van der Waals surface area (Å²) in [5, 5.41) is 0. The molecule has 162 valence electrons. The normalized spacial score (nSPS) is 7.57. The summed E-state index contributed by atoms with van der Waals surface area (Å²) >= 11 is 0. The van der Waals surface area contributed by atoms with Crippen LogP contribution in [0, 0.1) is 0 Å². The standard InChI is InChI=1S/2C7H9N.C6H12.3C2H6/c2*1-2-7-5-3-4-6-8-7;1-5(2)6(3)4;3*1-2/h2*3-6H,2H2,1H3;1-4H3;3*1-2H3. The molecule has 0 N–H and O–H groups in total. The van der Waals surface area contributed by atoms with Crippen molar-refractivity contribution >= 4 is 0 Å². The minimum absolute atomic E-state index is 1.03. The van der Waals surface area contributed by atoms with Crippen molar-refractivity contribution in [3.05, 3.63) is 71.3 Å². The zero-order chi connectivity index (χ0) is 22.8. The van der Waals surface area contributed by atoms with E-state index in [9.17, 15) is 0 Å². The van der Waals surface area contributed by atoms with Gasteiger partial charge in [0.1, 0.15) is 0 Å². The van der Waals surface area contributed by atoms with Crippen molar-refractivity contribution in [3.63, 3.8) is 0 Å². The number of aryl methyl sites for hydroxylation is 2. The molecule has 2 aromatic heterocycles. The predicted molar refractivity (Wildman–Crippen MR) is 131 cm³/mol. The van der Waals surface area contributed by atoms with Gasteiger partial charge in [0.2, 0.25) is 0 Å². The van der Waals surface area contributed by atoms with Crippen molar-refractivity contribution in [2.45, 2.75) is 95.9 Å². The molecule has 0 saturated carbocycles. The lowest BCUT2D eigenvalue weighted by Crippen LogP contribution is -1.81. The summed E-state index contributed by atoms with van der Waals surface area (Å²) in [5.41, 5.74) is 5.17. The van der Waals surface area contributed by atoms with Gasteiger partial charge in [-0.25, -0.2) is 0 Å². The number of rotatable bonds is 2. The van der Waals surface area contributed by atoms with Gasteiger partial charge in [-0.3, -0.25) is 9.97 Å². The quantitative estimate of drug-likeness (QED) is 0.480. The molecule has 0 bridgehead atoms. The maximum atomic E-state index is 4.10. The van der Waals surface area contributed by atoms with Crippen LogP contribution in [0.5, 0.6) is 0 Å². The molecule has 2 rings (SSSR count). The molecular formula is C26H48N2. The lowest BCUT2D eigenvalue weighted by Gasteiger charge is -1.88. The van der Waals surface area contributed by atoms with Crippen LogP contribution in [0.1, 0.15) is 94.5 Å². The van der Waals surface area contributed by atoms with Gasteiger partial charge in [-0.1, -0.05) is 78.7 Å². The van der Waals surface area contributed by atoms with Gasteiger partial charge in [0.25, 0.3) is 0 Å². The molecule has 0 fully saturated rings. The second-order valence-corrected chi connectivity index (χ2v) is 5.35. The second kappa shape index (κ2) is 29.8. The topological polar surface area (TPSA) is 25.8 Å². The highest BCUT2D eigenvalue weighted by Crippen LogP contribution is 1.97. The Balaban J connectivity index is -0.000000137. The van der Waals surface area contributed by atoms with E-state index in [0.29, 0.717) is 0 Å². The molecule has 2 nitrogen and oxygen atoms in total. The van der Waals surface area contributed by atoms with E-state index in [4.69, 9.17) is 0 Å². The van der Waals surface area contributed by atoms with E-state index >= 15 is 0 Å². The number of hydrogen-bond acceptors (Lipinski definition) is 2. The Bertz CT molecular complexity index is 459. The monoisotopic (exact) mass is 388 g/mol. The summed E-state index contributed by atoms with van der Waals surface area (Å²) < 4.78 is 0. The SMILES string of the molecule is CC.CC.CC.CC(C)=C(C)C.CCc1ccccn1.CCc1ccccn1. The number of hydrogen-bond donors (Lipinski definition) is 0. The van der Waals surface area contributed by atoms with Crippen LogP contribution in [0.15, 0.2) is 59.9 Å². The van der Waals surface area contributed by atoms with E-state index < -0.39 is 0 Å². The minimum atomic E-state index is 1.03. The fourth-order valence-corrected chi connectivity index (χ4v) is 1.21. The highest BCUT2D eigenvalue weighted by molar-refractivity contribution is 5.03. The van der Waals surface area contributed by atoms with Crippen molar-refractivity contribution in [1.82, 2.24) is 9.97 Å². The first-order chi connectivity index (χ1) is 13.5. The first-order valence-corrected chi connectivity index (χ1v) is 10.9. The fraction of sp³-hybridized carbons (Fsp3) is 0.538. The fourth-order valence-electron chi connectivity index (χ4n) is 1.21. The largest absolute Gasteiger partial charge is 0.261 e. The molecule has 0 aliphatic carbocycles. The predicted octanol–water partition coefficient (Wildman–Crippen LogP) is 8.73. The summed E-state index contributed by atoms with van der Waals surface area (Å²) in [7, 11) is 0. The molecule has 0 saturated heterocycles. The number of aromatic nitrogens is 2. The number of nitrogens with zero attached hydrogens (tertiary/aromatic N) is 2. The summed E-state index contributed by atoms with van der Waals surface area (Å²) in [6, 6.07) is 11.9. The van der Waals surface area contributed by atoms with Crippen molar-refractivity contribution in [3.8, 4) is 0 Å². The van der Waals surface area contributed by atoms with Gasteiger partial charge in [0, 0.05) is 23.8 Å². The summed E-state index contributed by atoms with van der Waals surface area (Å²) in [6.45, 7) is 24.7. The molecule has 2 heteroatoms.